The Balaban J connectivity index is 3.10. The van der Waals surface area contributed by atoms with Crippen molar-refractivity contribution in [3.8, 4) is 0 Å². The monoisotopic (exact) mass is 137 g/mol. The topological polar surface area (TPSA) is 54.8 Å². The van der Waals surface area contributed by atoms with Crippen LogP contribution in [0.4, 0.5) is 0 Å². The van der Waals surface area contributed by atoms with Crippen molar-refractivity contribution in [1.29, 1.82) is 5.41 Å². The highest BCUT2D eigenvalue weighted by atomic mass is 14.9. The molecule has 0 saturated carbocycles. The zero-order chi connectivity index (χ0) is 7.72. The number of nitrogens with zero attached hydrogens (tertiary/aromatic N) is 1. The van der Waals surface area contributed by atoms with Crippen molar-refractivity contribution in [2.45, 2.75) is 6.92 Å². The van der Waals surface area contributed by atoms with Gasteiger partial charge >= 0.3 is 0 Å². The summed E-state index contributed by atoms with van der Waals surface area (Å²) in [6.07, 6.45) is 1.84. The molecule has 0 aliphatic carbocycles. The van der Waals surface area contributed by atoms with Gasteiger partial charge in [0.15, 0.2) is 0 Å². The van der Waals surface area contributed by atoms with Gasteiger partial charge in [-0.2, -0.15) is 0 Å². The number of hydrogen-bond donors (Lipinski definition) is 2. The van der Waals surface area contributed by atoms with Gasteiger partial charge in [0.05, 0.1) is 0 Å². The lowest BCUT2D eigenvalue weighted by atomic mass is 10.3. The van der Waals surface area contributed by atoms with E-state index in [1.54, 1.807) is 0 Å². The Morgan fingerprint density at radius 2 is 2.30 bits per heavy atom. The maximum Gasteiger partial charge on any atom is 0.124 e. The van der Waals surface area contributed by atoms with Crippen LogP contribution in [0.3, 0.4) is 0 Å². The Labute approximate surface area is 60.0 Å². The standard InChI is InChI=1S/C7H11N3/c1-5-3-6(7(8)9)4-10(5)2/h3-4H,1-2H3,(H3,8,9). The zero-order valence-electron chi connectivity index (χ0n) is 6.18. The lowest BCUT2D eigenvalue weighted by Gasteiger charge is -1.90. The number of nitrogens with one attached hydrogen (secondary N) is 1. The fourth-order valence-electron chi connectivity index (χ4n) is 0.822. The Morgan fingerprint density at radius 3 is 2.50 bits per heavy atom. The van der Waals surface area contributed by atoms with Crippen LogP contribution in [-0.2, 0) is 7.05 Å². The normalized spacial score (nSPS) is 9.80. The van der Waals surface area contributed by atoms with Crippen molar-refractivity contribution in [3.05, 3.63) is 23.5 Å². The van der Waals surface area contributed by atoms with Crippen LogP contribution < -0.4 is 5.73 Å². The number of rotatable bonds is 1. The van der Waals surface area contributed by atoms with Crippen molar-refractivity contribution in [3.63, 3.8) is 0 Å². The van der Waals surface area contributed by atoms with Crippen LogP contribution in [0.15, 0.2) is 12.3 Å². The second-order valence-corrected chi connectivity index (χ2v) is 2.39. The van der Waals surface area contributed by atoms with Crippen LogP contribution in [0.25, 0.3) is 0 Å². The summed E-state index contributed by atoms with van der Waals surface area (Å²) >= 11 is 0. The van der Waals surface area contributed by atoms with Crippen LogP contribution in [0.5, 0.6) is 0 Å². The van der Waals surface area contributed by atoms with E-state index in [2.05, 4.69) is 0 Å². The molecule has 0 fully saturated rings. The molecule has 1 aromatic rings. The van der Waals surface area contributed by atoms with E-state index in [0.29, 0.717) is 0 Å². The van der Waals surface area contributed by atoms with Gasteiger partial charge in [-0.15, -0.1) is 0 Å². The first-order chi connectivity index (χ1) is 4.61. The third kappa shape index (κ3) is 1.03. The first kappa shape index (κ1) is 6.86. The highest BCUT2D eigenvalue weighted by Gasteiger charge is 1.99. The highest BCUT2D eigenvalue weighted by Crippen LogP contribution is 2.03. The molecule has 0 aliphatic rings. The first-order valence-electron chi connectivity index (χ1n) is 3.08. The molecule has 54 valence electrons. The van der Waals surface area contributed by atoms with E-state index in [1.165, 1.54) is 0 Å². The van der Waals surface area contributed by atoms with Crippen molar-refractivity contribution in [2.24, 2.45) is 12.8 Å². The molecule has 0 atom stereocenters. The van der Waals surface area contributed by atoms with Crippen LogP contribution in [-0.4, -0.2) is 10.4 Å². The minimum absolute atomic E-state index is 0.128. The number of nitrogen functional groups attached to an aromatic ring is 1. The molecule has 0 aliphatic heterocycles. The third-order valence-corrected chi connectivity index (χ3v) is 1.56. The predicted octanol–water partition coefficient (Wildman–Crippen LogP) is 0.618. The lowest BCUT2D eigenvalue weighted by Crippen LogP contribution is -2.09. The van der Waals surface area contributed by atoms with Crippen LogP contribution >= 0.6 is 0 Å². The van der Waals surface area contributed by atoms with Crippen LogP contribution in [0.1, 0.15) is 11.3 Å². The fraction of sp³-hybridized carbons (Fsp3) is 0.286. The maximum absolute atomic E-state index is 7.11. The minimum atomic E-state index is 0.128. The van der Waals surface area contributed by atoms with Gasteiger partial charge in [0, 0.05) is 24.5 Å². The molecule has 0 unspecified atom stereocenters. The van der Waals surface area contributed by atoms with Gasteiger partial charge in [-0.05, 0) is 13.0 Å². The smallest absolute Gasteiger partial charge is 0.124 e. The molecule has 0 radical (unpaired) electrons. The second kappa shape index (κ2) is 2.17. The van der Waals surface area contributed by atoms with E-state index in [-0.39, 0.29) is 5.84 Å². The third-order valence-electron chi connectivity index (χ3n) is 1.56. The molecule has 1 aromatic heterocycles. The van der Waals surface area contributed by atoms with Crippen molar-refractivity contribution >= 4 is 5.84 Å². The van der Waals surface area contributed by atoms with Crippen LogP contribution in [0, 0.1) is 12.3 Å². The van der Waals surface area contributed by atoms with E-state index < -0.39 is 0 Å². The average molecular weight is 137 g/mol. The Bertz CT molecular complexity index is 240. The molecule has 3 nitrogen and oxygen atoms in total. The summed E-state index contributed by atoms with van der Waals surface area (Å²) in [5.41, 5.74) is 7.17. The molecule has 0 aromatic carbocycles. The van der Waals surface area contributed by atoms with E-state index in [9.17, 15) is 0 Å². The summed E-state index contributed by atoms with van der Waals surface area (Å²) in [6.45, 7) is 1.98. The quantitative estimate of drug-likeness (QED) is 0.432. The highest BCUT2D eigenvalue weighted by molar-refractivity contribution is 5.94. The summed E-state index contributed by atoms with van der Waals surface area (Å²) in [5.74, 6) is 0.128. The molecular weight excluding hydrogens is 126 g/mol. The average Bonchev–Trinajstić information content (AvgIpc) is 2.13. The number of nitrogens with two attached hydrogens (primary N) is 1. The number of aryl methyl sites for hydroxylation is 2. The number of hydrogen-bond acceptors (Lipinski definition) is 1. The van der Waals surface area contributed by atoms with E-state index >= 15 is 0 Å². The van der Waals surface area contributed by atoms with Crippen molar-refractivity contribution < 1.29 is 0 Å². The largest absolute Gasteiger partial charge is 0.384 e. The molecule has 3 N–H and O–H groups in total. The van der Waals surface area contributed by atoms with Gasteiger partial charge in [0.25, 0.3) is 0 Å². The summed E-state index contributed by atoms with van der Waals surface area (Å²) in [7, 11) is 1.93. The van der Waals surface area contributed by atoms with Gasteiger partial charge < -0.3 is 10.3 Å². The molecule has 0 saturated heterocycles. The Morgan fingerprint density at radius 1 is 1.70 bits per heavy atom. The molecule has 1 rings (SSSR count). The van der Waals surface area contributed by atoms with Crippen LogP contribution in [0.2, 0.25) is 0 Å². The summed E-state index contributed by atoms with van der Waals surface area (Å²) in [4.78, 5) is 0. The number of aromatic nitrogens is 1. The van der Waals surface area contributed by atoms with E-state index in [1.807, 2.05) is 30.8 Å². The number of amidine groups is 1. The molecule has 10 heavy (non-hydrogen) atoms. The first-order valence-corrected chi connectivity index (χ1v) is 3.08. The molecular formula is C7H11N3. The van der Waals surface area contributed by atoms with Gasteiger partial charge in [-0.3, -0.25) is 5.41 Å². The molecule has 0 spiro atoms. The second-order valence-electron chi connectivity index (χ2n) is 2.39. The van der Waals surface area contributed by atoms with Gasteiger partial charge in [-0.25, -0.2) is 0 Å². The lowest BCUT2D eigenvalue weighted by molar-refractivity contribution is 0.882. The molecule has 0 bridgehead atoms. The zero-order valence-corrected chi connectivity index (χ0v) is 6.18. The van der Waals surface area contributed by atoms with E-state index in [0.717, 1.165) is 11.3 Å². The summed E-state index contributed by atoms with van der Waals surface area (Å²) in [5, 5.41) is 7.11. The summed E-state index contributed by atoms with van der Waals surface area (Å²) < 4.78 is 1.94. The van der Waals surface area contributed by atoms with Crippen molar-refractivity contribution in [2.75, 3.05) is 0 Å². The SMILES string of the molecule is Cc1cc(C(=N)N)cn1C. The molecule has 3 heteroatoms. The Hall–Kier alpha value is -1.25. The molecule has 0 amide bonds. The van der Waals surface area contributed by atoms with Gasteiger partial charge in [0.1, 0.15) is 5.84 Å². The van der Waals surface area contributed by atoms with Gasteiger partial charge in [0.2, 0.25) is 0 Å². The minimum Gasteiger partial charge on any atom is -0.384 e. The fourth-order valence-corrected chi connectivity index (χ4v) is 0.822. The maximum atomic E-state index is 7.11. The van der Waals surface area contributed by atoms with E-state index in [4.69, 9.17) is 11.1 Å². The Kier molecular flexibility index (Phi) is 1.49. The van der Waals surface area contributed by atoms with Crippen molar-refractivity contribution in [1.82, 2.24) is 4.57 Å². The predicted molar refractivity (Wildman–Crippen MR) is 41.2 cm³/mol. The summed E-state index contributed by atoms with van der Waals surface area (Å²) in [6, 6.07) is 1.89. The van der Waals surface area contributed by atoms with Gasteiger partial charge in [-0.1, -0.05) is 0 Å². The molecule has 1 heterocycles.